The van der Waals surface area contributed by atoms with Crippen LogP contribution in [0.1, 0.15) is 41.2 Å². The Morgan fingerprint density at radius 1 is 1.18 bits per heavy atom. The van der Waals surface area contributed by atoms with E-state index < -0.39 is 0 Å². The number of benzene rings is 2. The van der Waals surface area contributed by atoms with Crippen LogP contribution in [0.15, 0.2) is 48.5 Å². The molecule has 0 radical (unpaired) electrons. The summed E-state index contributed by atoms with van der Waals surface area (Å²) in [6.07, 6.45) is 0. The number of nitrogens with one attached hydrogen (secondary N) is 2. The molecular formula is C25H32Cl2N4O3. The van der Waals surface area contributed by atoms with Crippen LogP contribution in [0.5, 0.6) is 5.75 Å². The number of aliphatic hydroxyl groups is 1. The molecule has 0 unspecified atom stereocenters. The molecule has 0 aliphatic rings. The molecule has 0 aliphatic heterocycles. The van der Waals surface area contributed by atoms with E-state index in [0.29, 0.717) is 48.6 Å². The lowest BCUT2D eigenvalue weighted by atomic mass is 10.2. The zero-order valence-electron chi connectivity index (χ0n) is 19.7. The molecular weight excluding hydrogens is 475 g/mol. The summed E-state index contributed by atoms with van der Waals surface area (Å²) in [5.74, 6) is 0.897. The third-order valence-corrected chi connectivity index (χ3v) is 5.19. The standard InChI is InChI=1S/C25H31ClN4O3.ClH/c1-17(2)16-33-24-9-6-21(26)13-20(24)15-30-18(3)12-23(29-30)25(32)28-22-7-4-19(5-8-22)14-27-10-11-31;/h4-9,12-13,17,27,31H,10-11,14-16H2,1-3H3,(H,28,32);1H. The van der Waals surface area contributed by atoms with Crippen molar-refractivity contribution < 1.29 is 14.6 Å². The highest BCUT2D eigenvalue weighted by molar-refractivity contribution is 6.30. The van der Waals surface area contributed by atoms with E-state index in [1.54, 1.807) is 10.7 Å². The van der Waals surface area contributed by atoms with Crippen LogP contribution < -0.4 is 15.4 Å². The van der Waals surface area contributed by atoms with E-state index in [0.717, 1.165) is 22.6 Å². The SMILES string of the molecule is Cc1cc(C(=O)Nc2ccc(CNCCO)cc2)nn1Cc1cc(Cl)ccc1OCC(C)C.Cl. The van der Waals surface area contributed by atoms with Gasteiger partial charge in [-0.15, -0.1) is 12.4 Å². The van der Waals surface area contributed by atoms with Crippen molar-refractivity contribution in [2.45, 2.75) is 33.9 Å². The van der Waals surface area contributed by atoms with Crippen LogP contribution in [-0.2, 0) is 13.1 Å². The van der Waals surface area contributed by atoms with Crippen molar-refractivity contribution in [1.82, 2.24) is 15.1 Å². The van der Waals surface area contributed by atoms with Crippen molar-refractivity contribution >= 4 is 35.6 Å². The topological polar surface area (TPSA) is 88.4 Å². The molecule has 0 saturated carbocycles. The molecule has 0 spiro atoms. The van der Waals surface area contributed by atoms with E-state index >= 15 is 0 Å². The number of halogens is 2. The molecule has 0 bridgehead atoms. The van der Waals surface area contributed by atoms with Crippen molar-refractivity contribution in [1.29, 1.82) is 0 Å². The number of aromatic nitrogens is 2. The first kappa shape index (κ1) is 27.7. The smallest absolute Gasteiger partial charge is 0.276 e. The first-order chi connectivity index (χ1) is 15.9. The molecule has 34 heavy (non-hydrogen) atoms. The minimum Gasteiger partial charge on any atom is -0.493 e. The van der Waals surface area contributed by atoms with Gasteiger partial charge < -0.3 is 20.5 Å². The fraction of sp³-hybridized carbons (Fsp3) is 0.360. The molecule has 3 rings (SSSR count). The number of carbonyl (C=O) groups excluding carboxylic acids is 1. The van der Waals surface area contributed by atoms with Gasteiger partial charge >= 0.3 is 0 Å². The Hall–Kier alpha value is -2.58. The number of nitrogens with zero attached hydrogens (tertiary/aromatic N) is 2. The summed E-state index contributed by atoms with van der Waals surface area (Å²) in [5, 5.41) is 20.0. The maximum Gasteiger partial charge on any atom is 0.276 e. The first-order valence-corrected chi connectivity index (χ1v) is 11.4. The Morgan fingerprint density at radius 2 is 1.91 bits per heavy atom. The van der Waals surface area contributed by atoms with E-state index in [9.17, 15) is 4.79 Å². The quantitative estimate of drug-likeness (QED) is 0.328. The molecule has 9 heteroatoms. The van der Waals surface area contributed by atoms with Crippen LogP contribution in [-0.4, -0.2) is 40.6 Å². The Kier molecular flexibility index (Phi) is 10.9. The summed E-state index contributed by atoms with van der Waals surface area (Å²) in [5.41, 5.74) is 3.87. The van der Waals surface area contributed by atoms with Gasteiger partial charge in [-0.2, -0.15) is 5.10 Å². The van der Waals surface area contributed by atoms with Crippen molar-refractivity contribution in [3.8, 4) is 5.75 Å². The summed E-state index contributed by atoms with van der Waals surface area (Å²) in [6, 6.07) is 14.9. The highest BCUT2D eigenvalue weighted by atomic mass is 35.5. The Bertz CT molecular complexity index is 1070. The van der Waals surface area contributed by atoms with Crippen LogP contribution in [0.4, 0.5) is 5.69 Å². The lowest BCUT2D eigenvalue weighted by Crippen LogP contribution is -2.17. The number of rotatable bonds is 11. The largest absolute Gasteiger partial charge is 0.493 e. The number of hydrogen-bond acceptors (Lipinski definition) is 5. The fourth-order valence-corrected chi connectivity index (χ4v) is 3.42. The van der Waals surface area contributed by atoms with E-state index in [1.165, 1.54) is 0 Å². The molecule has 7 nitrogen and oxygen atoms in total. The second kappa shape index (κ2) is 13.3. The molecule has 0 atom stereocenters. The van der Waals surface area contributed by atoms with Gasteiger partial charge in [-0.05, 0) is 54.8 Å². The van der Waals surface area contributed by atoms with Gasteiger partial charge in [-0.1, -0.05) is 37.6 Å². The van der Waals surface area contributed by atoms with Gasteiger partial charge in [0.25, 0.3) is 5.91 Å². The second-order valence-corrected chi connectivity index (χ2v) is 8.77. The molecule has 2 aromatic carbocycles. The summed E-state index contributed by atoms with van der Waals surface area (Å²) in [6.45, 7) is 8.46. The summed E-state index contributed by atoms with van der Waals surface area (Å²) >= 11 is 6.21. The van der Waals surface area contributed by atoms with E-state index in [1.807, 2.05) is 49.4 Å². The van der Waals surface area contributed by atoms with Gasteiger partial charge in [0.2, 0.25) is 0 Å². The molecule has 0 fully saturated rings. The van der Waals surface area contributed by atoms with Gasteiger partial charge in [0, 0.05) is 35.1 Å². The minimum absolute atomic E-state index is 0. The Labute approximate surface area is 211 Å². The summed E-state index contributed by atoms with van der Waals surface area (Å²) in [7, 11) is 0. The molecule has 1 heterocycles. The third kappa shape index (κ3) is 8.02. The number of carbonyl (C=O) groups is 1. The number of amides is 1. The maximum absolute atomic E-state index is 12.8. The highest BCUT2D eigenvalue weighted by Gasteiger charge is 2.15. The zero-order valence-corrected chi connectivity index (χ0v) is 21.2. The lowest BCUT2D eigenvalue weighted by Gasteiger charge is -2.14. The lowest BCUT2D eigenvalue weighted by molar-refractivity contribution is 0.102. The van der Waals surface area contributed by atoms with Gasteiger partial charge in [0.05, 0.1) is 19.8 Å². The Balaban J connectivity index is 0.00000408. The van der Waals surface area contributed by atoms with Gasteiger partial charge in [-0.3, -0.25) is 9.48 Å². The van der Waals surface area contributed by atoms with Gasteiger partial charge in [0.15, 0.2) is 5.69 Å². The molecule has 1 aromatic heterocycles. The normalized spacial score (nSPS) is 10.8. The second-order valence-electron chi connectivity index (χ2n) is 8.34. The molecule has 184 valence electrons. The van der Waals surface area contributed by atoms with Crippen LogP contribution in [0, 0.1) is 12.8 Å². The Morgan fingerprint density at radius 3 is 2.59 bits per heavy atom. The number of anilines is 1. The average molecular weight is 507 g/mol. The molecule has 0 saturated heterocycles. The van der Waals surface area contributed by atoms with Crippen molar-refractivity contribution in [3.63, 3.8) is 0 Å². The van der Waals surface area contributed by atoms with Crippen LogP contribution in [0.2, 0.25) is 5.02 Å². The minimum atomic E-state index is -0.273. The number of hydrogen-bond donors (Lipinski definition) is 3. The van der Waals surface area contributed by atoms with Crippen molar-refractivity contribution in [2.75, 3.05) is 25.1 Å². The molecule has 0 aliphatic carbocycles. The monoisotopic (exact) mass is 506 g/mol. The van der Waals surface area contributed by atoms with Crippen LogP contribution >= 0.6 is 24.0 Å². The highest BCUT2D eigenvalue weighted by Crippen LogP contribution is 2.25. The summed E-state index contributed by atoms with van der Waals surface area (Å²) < 4.78 is 7.72. The van der Waals surface area contributed by atoms with E-state index in [4.69, 9.17) is 21.4 Å². The summed E-state index contributed by atoms with van der Waals surface area (Å²) in [4.78, 5) is 12.8. The van der Waals surface area contributed by atoms with Crippen molar-refractivity contribution in [2.24, 2.45) is 5.92 Å². The molecule has 3 N–H and O–H groups in total. The van der Waals surface area contributed by atoms with Crippen LogP contribution in [0.25, 0.3) is 0 Å². The predicted octanol–water partition coefficient (Wildman–Crippen LogP) is 4.68. The third-order valence-electron chi connectivity index (χ3n) is 4.96. The van der Waals surface area contributed by atoms with Gasteiger partial charge in [-0.25, -0.2) is 0 Å². The van der Waals surface area contributed by atoms with Crippen LogP contribution in [0.3, 0.4) is 0 Å². The van der Waals surface area contributed by atoms with Gasteiger partial charge in [0.1, 0.15) is 5.75 Å². The van der Waals surface area contributed by atoms with E-state index in [-0.39, 0.29) is 24.9 Å². The first-order valence-electron chi connectivity index (χ1n) is 11.0. The fourth-order valence-electron chi connectivity index (χ4n) is 3.22. The average Bonchev–Trinajstić information content (AvgIpc) is 3.15. The molecule has 3 aromatic rings. The molecule has 1 amide bonds. The number of ether oxygens (including phenoxy) is 1. The number of aryl methyl sites for hydroxylation is 1. The zero-order chi connectivity index (χ0) is 23.8. The predicted molar refractivity (Wildman–Crippen MR) is 138 cm³/mol. The van der Waals surface area contributed by atoms with Crippen molar-refractivity contribution in [3.05, 3.63) is 76.1 Å². The maximum atomic E-state index is 12.8. The number of aliphatic hydroxyl groups excluding tert-OH is 1. The van der Waals surface area contributed by atoms with E-state index in [2.05, 4.69) is 29.6 Å².